The molecule has 3 nitrogen and oxygen atoms in total. The lowest BCUT2D eigenvalue weighted by atomic mass is 10.4. The Morgan fingerprint density at radius 3 is 2.53 bits per heavy atom. The molecule has 0 saturated carbocycles. The van der Waals surface area contributed by atoms with E-state index in [1.165, 1.54) is 11.8 Å². The van der Waals surface area contributed by atoms with Gasteiger partial charge in [-0.1, -0.05) is 25.1 Å². The minimum Gasteiger partial charge on any atom is -0.353 e. The Kier molecular flexibility index (Phi) is 6.93. The van der Waals surface area contributed by atoms with Gasteiger partial charge in [0.25, 0.3) is 0 Å². The first-order valence-corrected chi connectivity index (χ1v) is 6.56. The van der Waals surface area contributed by atoms with Gasteiger partial charge in [0, 0.05) is 11.5 Å². The van der Waals surface area contributed by atoms with Crippen molar-refractivity contribution in [1.82, 2.24) is 0 Å². The molecule has 0 heterocycles. The van der Waals surface area contributed by atoms with Gasteiger partial charge in [-0.2, -0.15) is 0 Å². The smallest absolute Gasteiger partial charge is 0.219 e. The average molecular weight is 254 g/mol. The van der Waals surface area contributed by atoms with Crippen LogP contribution in [0.2, 0.25) is 0 Å². The maximum atomic E-state index is 11.6. The first-order valence-electron chi connectivity index (χ1n) is 5.75. The van der Waals surface area contributed by atoms with Gasteiger partial charge in [-0.05, 0) is 37.2 Å². The lowest BCUT2D eigenvalue weighted by Gasteiger charge is -2.14. The van der Waals surface area contributed by atoms with Crippen LogP contribution in [0.4, 0.5) is 0 Å². The molecule has 94 valence electrons. The Morgan fingerprint density at radius 1 is 1.24 bits per heavy atom. The van der Waals surface area contributed by atoms with Crippen LogP contribution in [0.25, 0.3) is 0 Å². The zero-order valence-electron chi connectivity index (χ0n) is 10.2. The van der Waals surface area contributed by atoms with Crippen molar-refractivity contribution in [3.63, 3.8) is 0 Å². The van der Waals surface area contributed by atoms with Gasteiger partial charge in [0.1, 0.15) is 6.61 Å². The first kappa shape index (κ1) is 14.2. The van der Waals surface area contributed by atoms with Crippen LogP contribution in [-0.4, -0.2) is 24.6 Å². The van der Waals surface area contributed by atoms with Crippen LogP contribution >= 0.6 is 11.8 Å². The molecule has 0 fully saturated rings. The van der Waals surface area contributed by atoms with Gasteiger partial charge >= 0.3 is 0 Å². The third-order valence-electron chi connectivity index (χ3n) is 2.05. The fourth-order valence-electron chi connectivity index (χ4n) is 1.28. The van der Waals surface area contributed by atoms with Crippen LogP contribution in [0.15, 0.2) is 35.2 Å². The summed E-state index contributed by atoms with van der Waals surface area (Å²) in [6.07, 6.45) is 0.470. The largest absolute Gasteiger partial charge is 0.353 e. The molecule has 0 aliphatic rings. The first-order chi connectivity index (χ1) is 8.26. The number of rotatable bonds is 7. The molecule has 0 saturated heterocycles. The Hall–Kier alpha value is -0.840. The zero-order chi connectivity index (χ0) is 12.5. The molecule has 1 aromatic carbocycles. The molecule has 1 unspecified atom stereocenters. The Labute approximate surface area is 106 Å². The van der Waals surface area contributed by atoms with E-state index in [0.717, 1.165) is 11.3 Å². The van der Waals surface area contributed by atoms with Crippen LogP contribution < -0.4 is 0 Å². The summed E-state index contributed by atoms with van der Waals surface area (Å²) < 4.78 is 10.7. The van der Waals surface area contributed by atoms with Gasteiger partial charge in [-0.3, -0.25) is 4.79 Å². The van der Waals surface area contributed by atoms with Gasteiger partial charge in [0.15, 0.2) is 6.29 Å². The van der Waals surface area contributed by atoms with E-state index >= 15 is 0 Å². The lowest BCUT2D eigenvalue weighted by molar-refractivity contribution is -0.149. The predicted molar refractivity (Wildman–Crippen MR) is 69.0 cm³/mol. The van der Waals surface area contributed by atoms with Crippen molar-refractivity contribution >= 4 is 16.9 Å². The molecule has 0 spiro atoms. The van der Waals surface area contributed by atoms with E-state index in [1.807, 2.05) is 44.2 Å². The quantitative estimate of drug-likeness (QED) is 0.553. The van der Waals surface area contributed by atoms with E-state index < -0.39 is 0 Å². The Bertz CT molecular complexity index is 327. The number of benzene rings is 1. The minimum absolute atomic E-state index is 0.00523. The molecule has 17 heavy (non-hydrogen) atoms. The van der Waals surface area contributed by atoms with Gasteiger partial charge < -0.3 is 9.47 Å². The van der Waals surface area contributed by atoms with Crippen molar-refractivity contribution in [3.8, 4) is 0 Å². The molecule has 0 aromatic heterocycles. The molecule has 0 radical (unpaired) electrons. The molecular formula is C13H18O3S. The standard InChI is InChI=1S/C13H18O3S/c1-3-13(15-4-2)16-10-12(14)17-11-8-6-5-7-9-11/h5-9,13H,3-4,10H2,1-2H3. The molecule has 1 rings (SSSR count). The summed E-state index contributed by atoms with van der Waals surface area (Å²) in [5.74, 6) is 0. The van der Waals surface area contributed by atoms with Crippen molar-refractivity contribution in [2.45, 2.75) is 31.5 Å². The van der Waals surface area contributed by atoms with Crippen LogP contribution in [0.1, 0.15) is 20.3 Å². The van der Waals surface area contributed by atoms with Crippen LogP contribution in [0, 0.1) is 0 Å². The monoisotopic (exact) mass is 254 g/mol. The average Bonchev–Trinajstić information content (AvgIpc) is 2.35. The zero-order valence-corrected chi connectivity index (χ0v) is 11.0. The number of ether oxygens (including phenoxy) is 2. The Morgan fingerprint density at radius 2 is 1.94 bits per heavy atom. The summed E-state index contributed by atoms with van der Waals surface area (Å²) in [5, 5.41) is -0.00523. The van der Waals surface area contributed by atoms with Crippen molar-refractivity contribution in [1.29, 1.82) is 0 Å². The van der Waals surface area contributed by atoms with Crippen molar-refractivity contribution in [3.05, 3.63) is 30.3 Å². The number of hydrogen-bond donors (Lipinski definition) is 0. The fraction of sp³-hybridized carbons (Fsp3) is 0.462. The minimum atomic E-state index is -0.277. The predicted octanol–water partition coefficient (Wildman–Crippen LogP) is 3.09. The number of thioether (sulfide) groups is 1. The van der Waals surface area contributed by atoms with E-state index in [9.17, 15) is 4.79 Å². The second-order valence-electron chi connectivity index (χ2n) is 3.39. The second kappa shape index (κ2) is 8.28. The number of carbonyl (C=O) groups is 1. The normalized spacial score (nSPS) is 12.4. The molecule has 0 amide bonds. The fourth-order valence-corrected chi connectivity index (χ4v) is 1.96. The lowest BCUT2D eigenvalue weighted by Crippen LogP contribution is -2.19. The highest BCUT2D eigenvalue weighted by molar-refractivity contribution is 8.13. The Balaban J connectivity index is 2.30. The summed E-state index contributed by atoms with van der Waals surface area (Å²) in [6.45, 7) is 4.55. The highest BCUT2D eigenvalue weighted by atomic mass is 32.2. The van der Waals surface area contributed by atoms with Gasteiger partial charge in [-0.15, -0.1) is 0 Å². The summed E-state index contributed by atoms with van der Waals surface area (Å²) in [4.78, 5) is 12.6. The maximum Gasteiger partial charge on any atom is 0.219 e. The van der Waals surface area contributed by atoms with E-state index in [2.05, 4.69) is 0 Å². The molecule has 4 heteroatoms. The van der Waals surface area contributed by atoms with E-state index in [0.29, 0.717) is 6.61 Å². The molecule has 0 aliphatic heterocycles. The summed E-state index contributed by atoms with van der Waals surface area (Å²) in [5.41, 5.74) is 0. The topological polar surface area (TPSA) is 35.5 Å². The molecule has 0 N–H and O–H groups in total. The second-order valence-corrected chi connectivity index (χ2v) is 4.52. The van der Waals surface area contributed by atoms with Gasteiger partial charge in [0.2, 0.25) is 5.12 Å². The summed E-state index contributed by atoms with van der Waals surface area (Å²) >= 11 is 1.19. The van der Waals surface area contributed by atoms with Gasteiger partial charge in [-0.25, -0.2) is 0 Å². The molecule has 0 bridgehead atoms. The van der Waals surface area contributed by atoms with Crippen molar-refractivity contribution < 1.29 is 14.3 Å². The SMILES string of the molecule is CCOC(CC)OCC(=O)Sc1ccccc1. The van der Waals surface area contributed by atoms with Crippen LogP contribution in [0.5, 0.6) is 0 Å². The van der Waals surface area contributed by atoms with E-state index in [1.54, 1.807) is 0 Å². The van der Waals surface area contributed by atoms with Crippen LogP contribution in [0.3, 0.4) is 0 Å². The van der Waals surface area contributed by atoms with Crippen molar-refractivity contribution in [2.75, 3.05) is 13.2 Å². The highest BCUT2D eigenvalue weighted by Gasteiger charge is 2.10. The highest BCUT2D eigenvalue weighted by Crippen LogP contribution is 2.18. The van der Waals surface area contributed by atoms with E-state index in [-0.39, 0.29) is 18.0 Å². The molecule has 1 atom stereocenters. The summed E-state index contributed by atoms with van der Waals surface area (Å²) in [7, 11) is 0. The summed E-state index contributed by atoms with van der Waals surface area (Å²) in [6, 6.07) is 9.55. The number of hydrogen-bond acceptors (Lipinski definition) is 4. The number of carbonyl (C=O) groups excluding carboxylic acids is 1. The third-order valence-corrected chi connectivity index (χ3v) is 2.90. The maximum absolute atomic E-state index is 11.6. The van der Waals surface area contributed by atoms with E-state index in [4.69, 9.17) is 9.47 Å². The van der Waals surface area contributed by atoms with Crippen LogP contribution in [-0.2, 0) is 14.3 Å². The molecule has 0 aliphatic carbocycles. The molecule has 1 aromatic rings. The van der Waals surface area contributed by atoms with Crippen molar-refractivity contribution in [2.24, 2.45) is 0 Å². The third kappa shape index (κ3) is 5.86. The van der Waals surface area contributed by atoms with Gasteiger partial charge in [0.05, 0.1) is 0 Å². The molecular weight excluding hydrogens is 236 g/mol.